The van der Waals surface area contributed by atoms with Gasteiger partial charge in [0.25, 0.3) is 0 Å². The number of amides is 1. The zero-order valence-electron chi connectivity index (χ0n) is 30.9. The molecule has 12 heteroatoms. The molecule has 0 radical (unpaired) electrons. The largest absolute Gasteiger partial charge is 0.515 e. The van der Waals surface area contributed by atoms with Crippen molar-refractivity contribution in [3.63, 3.8) is 0 Å². The third kappa shape index (κ3) is 7.10. The van der Waals surface area contributed by atoms with Crippen LogP contribution in [0.2, 0.25) is 0 Å². The molecule has 0 aliphatic carbocycles. The van der Waals surface area contributed by atoms with Crippen molar-refractivity contribution in [2.75, 3.05) is 41.5 Å². The van der Waals surface area contributed by atoms with Crippen molar-refractivity contribution in [1.82, 2.24) is 10.2 Å². The van der Waals surface area contributed by atoms with Gasteiger partial charge in [-0.05, 0) is 74.1 Å². The highest BCUT2D eigenvalue weighted by molar-refractivity contribution is 6.31. The molecule has 12 nitrogen and oxygen atoms in total. The van der Waals surface area contributed by atoms with E-state index in [4.69, 9.17) is 29.2 Å². The Morgan fingerprint density at radius 1 is 0.941 bits per heavy atom. The first-order valence-corrected chi connectivity index (χ1v) is 17.2. The summed E-state index contributed by atoms with van der Waals surface area (Å²) in [5.41, 5.74) is 9.72. The van der Waals surface area contributed by atoms with E-state index in [1.54, 1.807) is 19.1 Å². The Kier molecular flexibility index (Phi) is 11.2. The number of hydrogen-bond acceptors (Lipinski definition) is 11. The fourth-order valence-corrected chi connectivity index (χ4v) is 7.05. The Labute approximate surface area is 299 Å². The van der Waals surface area contributed by atoms with Gasteiger partial charge < -0.3 is 29.5 Å². The fraction of sp³-hybridized carbons (Fsp3) is 0.436. The molecule has 0 saturated carbocycles. The molecule has 5 aliphatic rings. The number of rotatable bonds is 10. The van der Waals surface area contributed by atoms with E-state index in [2.05, 4.69) is 12.2 Å². The van der Waals surface area contributed by atoms with Gasteiger partial charge in [-0.25, -0.2) is 19.8 Å². The van der Waals surface area contributed by atoms with Crippen LogP contribution in [0.3, 0.4) is 0 Å². The van der Waals surface area contributed by atoms with Crippen molar-refractivity contribution in [2.45, 2.75) is 60.3 Å². The van der Waals surface area contributed by atoms with Crippen molar-refractivity contribution >= 4 is 35.0 Å². The Morgan fingerprint density at radius 2 is 1.65 bits per heavy atom. The van der Waals surface area contributed by atoms with E-state index >= 15 is 0 Å². The van der Waals surface area contributed by atoms with E-state index in [1.165, 1.54) is 14.2 Å². The highest BCUT2D eigenvalue weighted by Gasteiger charge is 2.40. The van der Waals surface area contributed by atoms with Gasteiger partial charge in [0.15, 0.2) is 0 Å². The maximum Gasteiger partial charge on any atom is 0.340 e. The smallest absolute Gasteiger partial charge is 0.340 e. The van der Waals surface area contributed by atoms with Crippen LogP contribution in [-0.4, -0.2) is 86.5 Å². The molecule has 8 bridgehead atoms. The van der Waals surface area contributed by atoms with Crippen LogP contribution < -0.4 is 5.32 Å². The maximum atomic E-state index is 13.9. The number of allylic oxidation sites excluding steroid dienone is 10. The SMILES string of the molecule is CCC1=C(C)C2=CC3=NC(=C(C)/C3=C/O)C=C3NC(=C(CC(=O)N(C)CCOC)C4=NC(=CC1=N2)C(C)=C4C(=O)OC)[C@@H](CCC(=O)OC)[C@@H]3C. The summed E-state index contributed by atoms with van der Waals surface area (Å²) < 4.78 is 15.6. The van der Waals surface area contributed by atoms with Crippen LogP contribution in [0.1, 0.15) is 60.3 Å². The summed E-state index contributed by atoms with van der Waals surface area (Å²) in [6, 6.07) is 0. The second-order valence-corrected chi connectivity index (χ2v) is 13.1. The molecule has 270 valence electrons. The van der Waals surface area contributed by atoms with Crippen molar-refractivity contribution in [3.8, 4) is 0 Å². The van der Waals surface area contributed by atoms with E-state index in [1.807, 2.05) is 45.9 Å². The molecule has 2 N–H and O–H groups in total. The average molecular weight is 698 g/mol. The molecule has 0 aromatic rings. The van der Waals surface area contributed by atoms with E-state index in [9.17, 15) is 19.5 Å². The average Bonchev–Trinajstić information content (AvgIpc) is 3.80. The van der Waals surface area contributed by atoms with Gasteiger partial charge in [-0.1, -0.05) is 13.8 Å². The van der Waals surface area contributed by atoms with E-state index < -0.39 is 5.97 Å². The van der Waals surface area contributed by atoms with Crippen LogP contribution in [0.25, 0.3) is 0 Å². The second-order valence-electron chi connectivity index (χ2n) is 13.1. The van der Waals surface area contributed by atoms with Crippen LogP contribution in [0.5, 0.6) is 0 Å². The zero-order valence-corrected chi connectivity index (χ0v) is 30.9. The number of hydrogen-bond donors (Lipinski definition) is 2. The number of nitrogens with zero attached hydrogens (tertiary/aromatic N) is 4. The van der Waals surface area contributed by atoms with Crippen LogP contribution in [0.15, 0.2) is 107 Å². The molecule has 2 atom stereocenters. The molecule has 0 aromatic heterocycles. The maximum absolute atomic E-state index is 13.9. The molecule has 5 aliphatic heterocycles. The number of fused-ring (bicyclic) bond motifs is 5. The first-order chi connectivity index (χ1) is 24.4. The van der Waals surface area contributed by atoms with Gasteiger partial charge in [-0.3, -0.25) is 9.59 Å². The van der Waals surface area contributed by atoms with E-state index in [0.29, 0.717) is 82.6 Å². The van der Waals surface area contributed by atoms with Gasteiger partial charge in [0, 0.05) is 61.5 Å². The van der Waals surface area contributed by atoms with Gasteiger partial charge in [0.1, 0.15) is 0 Å². The summed E-state index contributed by atoms with van der Waals surface area (Å²) >= 11 is 0. The predicted octanol–water partition coefficient (Wildman–Crippen LogP) is 5.51. The molecule has 5 rings (SSSR count). The quantitative estimate of drug-likeness (QED) is 0.224. The number of aliphatic hydroxyl groups is 1. The van der Waals surface area contributed by atoms with Crippen LogP contribution >= 0.6 is 0 Å². The molecule has 51 heavy (non-hydrogen) atoms. The number of carbonyl (C=O) groups is 3. The second kappa shape index (κ2) is 15.4. The van der Waals surface area contributed by atoms with Gasteiger partial charge in [0.2, 0.25) is 5.91 Å². The summed E-state index contributed by atoms with van der Waals surface area (Å²) in [7, 11) is 5.96. The van der Waals surface area contributed by atoms with Crippen molar-refractivity contribution in [2.24, 2.45) is 26.8 Å². The van der Waals surface area contributed by atoms with Gasteiger partial charge in [0.05, 0.1) is 73.3 Å². The normalized spacial score (nSPS) is 22.1. The molecule has 0 spiro atoms. The van der Waals surface area contributed by atoms with Crippen molar-refractivity contribution in [3.05, 3.63) is 92.0 Å². The lowest BCUT2D eigenvalue weighted by molar-refractivity contribution is -0.141. The Morgan fingerprint density at radius 3 is 2.29 bits per heavy atom. The molecule has 1 amide bonds. The third-order valence-electron chi connectivity index (χ3n) is 10.3. The molecule has 1 fully saturated rings. The van der Waals surface area contributed by atoms with Gasteiger partial charge in [-0.2, -0.15) is 0 Å². The number of ether oxygens (including phenoxy) is 3. The van der Waals surface area contributed by atoms with E-state index in [0.717, 1.165) is 28.7 Å². The minimum absolute atomic E-state index is 0.0916. The predicted molar refractivity (Wildman–Crippen MR) is 196 cm³/mol. The Bertz CT molecular complexity index is 1910. The number of esters is 2. The summed E-state index contributed by atoms with van der Waals surface area (Å²) in [6.07, 6.45) is 7.90. The lowest BCUT2D eigenvalue weighted by atomic mass is 9.84. The molecular weight excluding hydrogens is 650 g/mol. The zero-order chi connectivity index (χ0) is 37.1. The number of aliphatic imine (C=N–C) groups is 3. The molecule has 5 heterocycles. The van der Waals surface area contributed by atoms with Crippen LogP contribution in [0, 0.1) is 11.8 Å². The number of likely N-dealkylation sites (N-methyl/N-ethyl adjacent to an activating group) is 1. The lowest BCUT2D eigenvalue weighted by Crippen LogP contribution is -2.32. The molecule has 0 aromatic carbocycles. The fourth-order valence-electron chi connectivity index (χ4n) is 7.05. The number of carbonyl (C=O) groups excluding carboxylic acids is 3. The molecular formula is C39H47N5O7. The Hall–Kier alpha value is -5.10. The van der Waals surface area contributed by atoms with Gasteiger partial charge >= 0.3 is 11.9 Å². The number of methoxy groups -OCH3 is 3. The molecule has 1 saturated heterocycles. The first-order valence-electron chi connectivity index (χ1n) is 17.2. The highest BCUT2D eigenvalue weighted by Crippen LogP contribution is 2.43. The summed E-state index contributed by atoms with van der Waals surface area (Å²) in [4.78, 5) is 56.6. The third-order valence-corrected chi connectivity index (χ3v) is 10.3. The van der Waals surface area contributed by atoms with Crippen molar-refractivity contribution in [1.29, 1.82) is 0 Å². The summed E-state index contributed by atoms with van der Waals surface area (Å²) in [5, 5.41) is 13.9. The van der Waals surface area contributed by atoms with Gasteiger partial charge in [-0.15, -0.1) is 0 Å². The monoisotopic (exact) mass is 697 g/mol. The molecule has 0 unspecified atom stereocenters. The minimum Gasteiger partial charge on any atom is -0.515 e. The number of nitrogens with one attached hydrogen (secondary N) is 1. The topological polar surface area (TPSA) is 151 Å². The Balaban J connectivity index is 1.85. The lowest BCUT2D eigenvalue weighted by Gasteiger charge is -2.22. The van der Waals surface area contributed by atoms with Crippen LogP contribution in [0.4, 0.5) is 0 Å². The van der Waals surface area contributed by atoms with Crippen molar-refractivity contribution < 1.29 is 33.7 Å². The summed E-state index contributed by atoms with van der Waals surface area (Å²) in [6.45, 7) is 10.5. The first kappa shape index (κ1) is 37.2. The standard InChI is InChI=1S/C39H47N5O7/c1-10-24-20(2)29-17-33-27(19-45)22(4)28(41-33)16-30-21(3)25(11-12-35(47)50-8)37(42-30)26(15-34(46)44(6)13-14-49-7)38-36(39(48)51-9)23(5)31(43-38)18-32(24)40-29/h16-19,21,25,42,45H,10-15H2,1-9H3/b27-19-,29-17?,30-16?,31-18?,37-26?/t21-,25-/m0/s1. The minimum atomic E-state index is -0.577. The number of aliphatic hydroxyl groups excluding tert-OH is 1. The summed E-state index contributed by atoms with van der Waals surface area (Å²) in [5.74, 6) is -1.59. The van der Waals surface area contributed by atoms with E-state index in [-0.39, 0.29) is 42.1 Å². The highest BCUT2D eigenvalue weighted by atomic mass is 16.5. The van der Waals surface area contributed by atoms with Crippen LogP contribution in [-0.2, 0) is 28.6 Å².